The fourth-order valence-corrected chi connectivity index (χ4v) is 2.98. The Labute approximate surface area is 189 Å². The van der Waals surface area contributed by atoms with Gasteiger partial charge in [0.2, 0.25) is 11.8 Å². The van der Waals surface area contributed by atoms with E-state index >= 15 is 0 Å². The molecule has 1 atom stereocenters. The summed E-state index contributed by atoms with van der Waals surface area (Å²) < 4.78 is 5.28. The van der Waals surface area contributed by atoms with Crippen LogP contribution in [0.25, 0.3) is 0 Å². The van der Waals surface area contributed by atoms with Crippen molar-refractivity contribution in [3.8, 4) is 0 Å². The van der Waals surface area contributed by atoms with Gasteiger partial charge < -0.3 is 21.1 Å². The lowest BCUT2D eigenvalue weighted by Gasteiger charge is -2.25. The van der Waals surface area contributed by atoms with Gasteiger partial charge in [-0.1, -0.05) is 30.3 Å². The Balaban J connectivity index is 0.00000225. The molecular formula is C21H28Cl2N4O3. The van der Waals surface area contributed by atoms with Gasteiger partial charge in [-0.2, -0.15) is 0 Å². The van der Waals surface area contributed by atoms with Gasteiger partial charge in [0.1, 0.15) is 5.54 Å². The normalized spacial score (nSPS) is 15.7. The van der Waals surface area contributed by atoms with Gasteiger partial charge in [-0.05, 0) is 36.8 Å². The standard InChI is InChI=1S/C21H26N4O3.2ClH/c1-21(22,16-5-3-2-4-6-16)20(27)24-18-9-7-17(8-10-18)23-19(26)15-25-11-13-28-14-12-25;;/h2-10H,11-15,22H2,1H3,(H,23,26)(H,24,27);2*1H. The van der Waals surface area contributed by atoms with E-state index in [4.69, 9.17) is 10.5 Å². The number of nitrogens with zero attached hydrogens (tertiary/aromatic N) is 1. The van der Waals surface area contributed by atoms with Crippen LogP contribution in [0.1, 0.15) is 12.5 Å². The summed E-state index contributed by atoms with van der Waals surface area (Å²) >= 11 is 0. The average molecular weight is 455 g/mol. The summed E-state index contributed by atoms with van der Waals surface area (Å²) in [6, 6.07) is 16.2. The summed E-state index contributed by atoms with van der Waals surface area (Å²) in [5.41, 5.74) is 7.11. The lowest BCUT2D eigenvalue weighted by Crippen LogP contribution is -2.45. The van der Waals surface area contributed by atoms with Crippen LogP contribution < -0.4 is 16.4 Å². The van der Waals surface area contributed by atoms with Crippen molar-refractivity contribution in [3.63, 3.8) is 0 Å². The lowest BCUT2D eigenvalue weighted by atomic mass is 9.92. The minimum atomic E-state index is -1.15. The molecule has 30 heavy (non-hydrogen) atoms. The van der Waals surface area contributed by atoms with Gasteiger partial charge in [-0.25, -0.2) is 0 Å². The largest absolute Gasteiger partial charge is 0.379 e. The van der Waals surface area contributed by atoms with Crippen LogP contribution in [0, 0.1) is 0 Å². The first-order chi connectivity index (χ1) is 13.4. The van der Waals surface area contributed by atoms with Crippen molar-refractivity contribution < 1.29 is 14.3 Å². The van der Waals surface area contributed by atoms with Gasteiger partial charge in [-0.3, -0.25) is 14.5 Å². The predicted octanol–water partition coefficient (Wildman–Crippen LogP) is 2.61. The zero-order valence-electron chi connectivity index (χ0n) is 16.8. The average Bonchev–Trinajstić information content (AvgIpc) is 2.71. The maximum Gasteiger partial charge on any atom is 0.248 e. The van der Waals surface area contributed by atoms with Gasteiger partial charge in [0.05, 0.1) is 19.8 Å². The number of amides is 2. The number of carbonyl (C=O) groups is 2. The topological polar surface area (TPSA) is 96.7 Å². The van der Waals surface area contributed by atoms with Crippen LogP contribution in [-0.4, -0.2) is 49.6 Å². The van der Waals surface area contributed by atoms with Crippen molar-refractivity contribution in [2.45, 2.75) is 12.5 Å². The van der Waals surface area contributed by atoms with E-state index in [1.807, 2.05) is 30.3 Å². The Hall–Kier alpha value is -2.16. The third-order valence-corrected chi connectivity index (χ3v) is 4.74. The molecule has 4 N–H and O–H groups in total. The van der Waals surface area contributed by atoms with Crippen LogP contribution in [-0.2, 0) is 19.9 Å². The molecule has 3 rings (SSSR count). The molecule has 0 bridgehead atoms. The maximum atomic E-state index is 12.6. The molecule has 164 valence electrons. The second-order valence-electron chi connectivity index (χ2n) is 7.04. The van der Waals surface area contributed by atoms with E-state index in [1.165, 1.54) is 0 Å². The molecule has 0 aliphatic carbocycles. The molecule has 0 saturated carbocycles. The lowest BCUT2D eigenvalue weighted by molar-refractivity contribution is -0.121. The molecule has 2 aromatic rings. The summed E-state index contributed by atoms with van der Waals surface area (Å²) in [4.78, 5) is 26.8. The fourth-order valence-electron chi connectivity index (χ4n) is 2.98. The van der Waals surface area contributed by atoms with Crippen molar-refractivity contribution in [2.24, 2.45) is 5.73 Å². The molecule has 1 aliphatic rings. The van der Waals surface area contributed by atoms with Crippen molar-refractivity contribution in [3.05, 3.63) is 60.2 Å². The molecule has 1 unspecified atom stereocenters. The Morgan fingerprint density at radius 2 is 1.50 bits per heavy atom. The van der Waals surface area contributed by atoms with Gasteiger partial charge >= 0.3 is 0 Å². The van der Waals surface area contributed by atoms with Crippen molar-refractivity contribution >= 4 is 48.0 Å². The van der Waals surface area contributed by atoms with E-state index in [9.17, 15) is 9.59 Å². The van der Waals surface area contributed by atoms with Crippen molar-refractivity contribution in [1.29, 1.82) is 0 Å². The molecule has 2 aromatic carbocycles. The number of hydrogen-bond acceptors (Lipinski definition) is 5. The summed E-state index contributed by atoms with van der Waals surface area (Å²) in [7, 11) is 0. The molecule has 9 heteroatoms. The number of benzene rings is 2. The molecule has 2 amide bonds. The van der Waals surface area contributed by atoms with Crippen LogP contribution in [0.5, 0.6) is 0 Å². The highest BCUT2D eigenvalue weighted by atomic mass is 35.5. The highest BCUT2D eigenvalue weighted by Crippen LogP contribution is 2.21. The van der Waals surface area contributed by atoms with Gasteiger partial charge in [-0.15, -0.1) is 24.8 Å². The van der Waals surface area contributed by atoms with E-state index in [2.05, 4.69) is 15.5 Å². The second kappa shape index (κ2) is 11.9. The van der Waals surface area contributed by atoms with Crippen LogP contribution in [0.2, 0.25) is 0 Å². The zero-order valence-corrected chi connectivity index (χ0v) is 18.4. The molecule has 0 spiro atoms. The molecule has 1 fully saturated rings. The molecule has 1 saturated heterocycles. The molecule has 1 heterocycles. The third kappa shape index (κ3) is 6.97. The maximum absolute atomic E-state index is 12.6. The molecule has 1 aliphatic heterocycles. The number of carbonyl (C=O) groups excluding carboxylic acids is 2. The van der Waals surface area contributed by atoms with E-state index in [0.29, 0.717) is 31.1 Å². The van der Waals surface area contributed by atoms with E-state index < -0.39 is 5.54 Å². The number of ether oxygens (including phenoxy) is 1. The predicted molar refractivity (Wildman–Crippen MR) is 123 cm³/mol. The third-order valence-electron chi connectivity index (χ3n) is 4.74. The van der Waals surface area contributed by atoms with E-state index in [-0.39, 0.29) is 36.6 Å². The Kier molecular flexibility index (Phi) is 10.2. The van der Waals surface area contributed by atoms with Crippen LogP contribution in [0.3, 0.4) is 0 Å². The molecule has 7 nitrogen and oxygen atoms in total. The SMILES string of the molecule is CC(N)(C(=O)Nc1ccc(NC(=O)CN2CCOCC2)cc1)c1ccccc1.Cl.Cl. The number of morpholine rings is 1. The quantitative estimate of drug-likeness (QED) is 0.623. The highest BCUT2D eigenvalue weighted by Gasteiger charge is 2.30. The Bertz CT molecular complexity index is 811. The first-order valence-electron chi connectivity index (χ1n) is 9.31. The summed E-state index contributed by atoms with van der Waals surface area (Å²) in [6.45, 7) is 4.85. The zero-order chi connectivity index (χ0) is 20.0. The van der Waals surface area contributed by atoms with Crippen LogP contribution in [0.15, 0.2) is 54.6 Å². The van der Waals surface area contributed by atoms with Gasteiger partial charge in [0, 0.05) is 24.5 Å². The molecular weight excluding hydrogens is 427 g/mol. The van der Waals surface area contributed by atoms with Gasteiger partial charge in [0.15, 0.2) is 0 Å². The van der Waals surface area contributed by atoms with Crippen molar-refractivity contribution in [2.75, 3.05) is 43.5 Å². The highest BCUT2D eigenvalue weighted by molar-refractivity contribution is 5.98. The number of rotatable bonds is 6. The van der Waals surface area contributed by atoms with E-state index in [1.54, 1.807) is 31.2 Å². The minimum absolute atomic E-state index is 0. The minimum Gasteiger partial charge on any atom is -0.379 e. The Morgan fingerprint density at radius 1 is 0.967 bits per heavy atom. The first kappa shape index (κ1) is 25.9. The summed E-state index contributed by atoms with van der Waals surface area (Å²) in [6.07, 6.45) is 0. The second-order valence-corrected chi connectivity index (χ2v) is 7.04. The molecule has 0 aromatic heterocycles. The van der Waals surface area contributed by atoms with Crippen molar-refractivity contribution in [1.82, 2.24) is 4.90 Å². The van der Waals surface area contributed by atoms with E-state index in [0.717, 1.165) is 18.7 Å². The number of nitrogens with two attached hydrogens (primary N) is 1. The monoisotopic (exact) mass is 454 g/mol. The number of halogens is 2. The smallest absolute Gasteiger partial charge is 0.248 e. The summed E-state index contributed by atoms with van der Waals surface area (Å²) in [5, 5.41) is 5.70. The first-order valence-corrected chi connectivity index (χ1v) is 9.31. The van der Waals surface area contributed by atoms with Crippen LogP contribution in [0.4, 0.5) is 11.4 Å². The molecule has 0 radical (unpaired) electrons. The number of nitrogens with one attached hydrogen (secondary N) is 2. The number of hydrogen-bond donors (Lipinski definition) is 3. The number of anilines is 2. The van der Waals surface area contributed by atoms with Gasteiger partial charge in [0.25, 0.3) is 0 Å². The Morgan fingerprint density at radius 3 is 2.07 bits per heavy atom. The van der Waals surface area contributed by atoms with Crippen LogP contribution >= 0.6 is 24.8 Å². The fraction of sp³-hybridized carbons (Fsp3) is 0.333. The summed E-state index contributed by atoms with van der Waals surface area (Å²) in [5.74, 6) is -0.375.